The van der Waals surface area contributed by atoms with Gasteiger partial charge in [-0.25, -0.2) is 4.79 Å². The maximum Gasteiger partial charge on any atom is 0.336 e. The van der Waals surface area contributed by atoms with Crippen molar-refractivity contribution in [1.82, 2.24) is 0 Å². The molecule has 12 heavy (non-hydrogen) atoms. The van der Waals surface area contributed by atoms with Gasteiger partial charge in [-0.2, -0.15) is 0 Å². The first-order valence-electron chi connectivity index (χ1n) is 3.20. The molecule has 0 amide bonds. The predicted molar refractivity (Wildman–Crippen MR) is 43.5 cm³/mol. The molecule has 0 fully saturated rings. The smallest absolute Gasteiger partial charge is 0.336 e. The van der Waals surface area contributed by atoms with Crippen LogP contribution >= 0.6 is 0 Å². The number of rotatable bonds is 2. The summed E-state index contributed by atoms with van der Waals surface area (Å²) in [6.07, 6.45) is 1.53. The van der Waals surface area contributed by atoms with E-state index >= 15 is 0 Å². The van der Waals surface area contributed by atoms with Gasteiger partial charge in [0.25, 0.3) is 0 Å². The molecule has 63 valence electrons. The molecular formula is C9H8MnO2. The first-order valence-corrected chi connectivity index (χ1v) is 3.20. The van der Waals surface area contributed by atoms with Gasteiger partial charge in [-0.3, -0.25) is 0 Å². The van der Waals surface area contributed by atoms with Crippen LogP contribution in [-0.2, 0) is 17.1 Å². The average Bonchev–Trinajstić information content (AvgIpc) is 2.04. The van der Waals surface area contributed by atoms with Gasteiger partial charge in [-0.1, -0.05) is 30.9 Å². The van der Waals surface area contributed by atoms with Crippen LogP contribution in [-0.4, -0.2) is 11.1 Å². The maximum atomic E-state index is 10.5. The zero-order valence-electron chi connectivity index (χ0n) is 6.33. The molecule has 3 heteroatoms. The molecule has 0 bridgehead atoms. The van der Waals surface area contributed by atoms with E-state index in [1.807, 2.05) is 0 Å². The van der Waals surface area contributed by atoms with Gasteiger partial charge in [0.15, 0.2) is 0 Å². The Bertz CT molecular complexity index is 294. The quantitative estimate of drug-likeness (QED) is 0.746. The fraction of sp³-hybridized carbons (Fsp3) is 0. The second-order valence-corrected chi connectivity index (χ2v) is 2.10. The summed E-state index contributed by atoms with van der Waals surface area (Å²) in [6.45, 7) is 3.51. The van der Waals surface area contributed by atoms with E-state index < -0.39 is 5.97 Å². The van der Waals surface area contributed by atoms with E-state index in [-0.39, 0.29) is 17.1 Å². The molecule has 0 atom stereocenters. The fourth-order valence-corrected chi connectivity index (χ4v) is 0.870. The van der Waals surface area contributed by atoms with E-state index in [1.54, 1.807) is 24.3 Å². The van der Waals surface area contributed by atoms with Crippen LogP contribution in [0.5, 0.6) is 0 Å². The molecule has 1 N–H and O–H groups in total. The topological polar surface area (TPSA) is 37.3 Å². The summed E-state index contributed by atoms with van der Waals surface area (Å²) in [5, 5.41) is 8.65. The monoisotopic (exact) mass is 203 g/mol. The number of hydrogen-bond donors (Lipinski definition) is 1. The van der Waals surface area contributed by atoms with Crippen molar-refractivity contribution >= 4 is 12.0 Å². The third-order valence-corrected chi connectivity index (χ3v) is 1.41. The molecule has 0 unspecified atom stereocenters. The summed E-state index contributed by atoms with van der Waals surface area (Å²) in [6, 6.07) is 6.75. The van der Waals surface area contributed by atoms with Crippen LogP contribution in [0.15, 0.2) is 30.8 Å². The summed E-state index contributed by atoms with van der Waals surface area (Å²) in [4.78, 5) is 10.5. The van der Waals surface area contributed by atoms with Crippen LogP contribution in [0.1, 0.15) is 15.9 Å². The van der Waals surface area contributed by atoms with Gasteiger partial charge in [0.05, 0.1) is 5.56 Å². The number of carbonyl (C=O) groups is 1. The number of hydrogen-bond acceptors (Lipinski definition) is 1. The van der Waals surface area contributed by atoms with Crippen LogP contribution in [0, 0.1) is 0 Å². The van der Waals surface area contributed by atoms with Crippen molar-refractivity contribution < 1.29 is 27.0 Å². The van der Waals surface area contributed by atoms with Crippen LogP contribution < -0.4 is 0 Å². The fourth-order valence-electron chi connectivity index (χ4n) is 0.870. The van der Waals surface area contributed by atoms with Gasteiger partial charge in [-0.15, -0.1) is 0 Å². The van der Waals surface area contributed by atoms with Crippen molar-refractivity contribution in [3.63, 3.8) is 0 Å². The van der Waals surface area contributed by atoms with Crippen molar-refractivity contribution in [3.8, 4) is 0 Å². The van der Waals surface area contributed by atoms with E-state index in [9.17, 15) is 4.79 Å². The molecule has 0 aromatic heterocycles. The summed E-state index contributed by atoms with van der Waals surface area (Å²) in [5.41, 5.74) is 0.947. The first kappa shape index (κ1) is 10.9. The maximum absolute atomic E-state index is 10.5. The van der Waals surface area contributed by atoms with E-state index in [0.29, 0.717) is 11.1 Å². The Morgan fingerprint density at radius 3 is 2.42 bits per heavy atom. The molecule has 0 heterocycles. The van der Waals surface area contributed by atoms with Gasteiger partial charge in [-0.05, 0) is 11.6 Å². The number of benzene rings is 1. The van der Waals surface area contributed by atoms with E-state index in [0.717, 1.165) is 0 Å². The van der Waals surface area contributed by atoms with Gasteiger partial charge in [0.1, 0.15) is 0 Å². The summed E-state index contributed by atoms with van der Waals surface area (Å²) < 4.78 is 0. The van der Waals surface area contributed by atoms with Crippen LogP contribution in [0.2, 0.25) is 0 Å². The summed E-state index contributed by atoms with van der Waals surface area (Å²) in [7, 11) is 0. The molecule has 1 rings (SSSR count). The first-order chi connectivity index (χ1) is 5.25. The van der Waals surface area contributed by atoms with Gasteiger partial charge < -0.3 is 5.11 Å². The minimum absolute atomic E-state index is 0. The Labute approximate surface area is 81.4 Å². The second kappa shape index (κ2) is 4.75. The molecule has 1 aromatic carbocycles. The molecule has 2 nitrogen and oxygen atoms in total. The Morgan fingerprint density at radius 1 is 1.42 bits per heavy atom. The second-order valence-electron chi connectivity index (χ2n) is 2.10. The van der Waals surface area contributed by atoms with Crippen LogP contribution in [0.25, 0.3) is 6.08 Å². The van der Waals surface area contributed by atoms with Gasteiger partial charge in [0, 0.05) is 17.1 Å². The Hall–Kier alpha value is -1.05. The molecule has 0 saturated heterocycles. The summed E-state index contributed by atoms with van der Waals surface area (Å²) in [5.74, 6) is -0.916. The average molecular weight is 203 g/mol. The Balaban J connectivity index is 0.00000121. The number of carboxylic acids is 1. The molecule has 0 aliphatic carbocycles. The molecular weight excluding hydrogens is 195 g/mol. The standard InChI is InChI=1S/C9H8O2.Mn/c1-2-7-5-3-4-6-8(7)9(10)11;/h2-6H,1H2,(H,10,11);. The molecule has 1 radical (unpaired) electrons. The van der Waals surface area contributed by atoms with E-state index in [4.69, 9.17) is 5.11 Å². The largest absolute Gasteiger partial charge is 0.478 e. The van der Waals surface area contributed by atoms with Crippen molar-refractivity contribution in [2.45, 2.75) is 0 Å². The van der Waals surface area contributed by atoms with Crippen LogP contribution in [0.3, 0.4) is 0 Å². The van der Waals surface area contributed by atoms with Gasteiger partial charge >= 0.3 is 5.97 Å². The van der Waals surface area contributed by atoms with Crippen molar-refractivity contribution in [2.24, 2.45) is 0 Å². The zero-order chi connectivity index (χ0) is 8.27. The minimum Gasteiger partial charge on any atom is -0.478 e. The number of carboxylic acid groups (broad SMARTS) is 1. The van der Waals surface area contributed by atoms with Crippen molar-refractivity contribution in [1.29, 1.82) is 0 Å². The van der Waals surface area contributed by atoms with Gasteiger partial charge in [0.2, 0.25) is 0 Å². The third kappa shape index (κ3) is 2.22. The van der Waals surface area contributed by atoms with E-state index in [1.165, 1.54) is 6.08 Å². The molecule has 0 saturated carbocycles. The third-order valence-electron chi connectivity index (χ3n) is 1.41. The Kier molecular flexibility index (Phi) is 4.34. The van der Waals surface area contributed by atoms with Crippen molar-refractivity contribution in [2.75, 3.05) is 0 Å². The molecule has 1 aromatic rings. The molecule has 0 aliphatic rings. The van der Waals surface area contributed by atoms with Crippen LogP contribution in [0.4, 0.5) is 0 Å². The molecule has 0 spiro atoms. The normalized spacial score (nSPS) is 8.33. The van der Waals surface area contributed by atoms with Crippen molar-refractivity contribution in [3.05, 3.63) is 42.0 Å². The van der Waals surface area contributed by atoms with E-state index in [2.05, 4.69) is 6.58 Å². The SMILES string of the molecule is C=Cc1ccccc1C(=O)O.[Mn]. The zero-order valence-corrected chi connectivity index (χ0v) is 7.51. The minimum atomic E-state index is -0.916. The predicted octanol–water partition coefficient (Wildman–Crippen LogP) is 2.03. The molecule has 0 aliphatic heterocycles. The Morgan fingerprint density at radius 2 is 2.00 bits per heavy atom. The number of aromatic carboxylic acids is 1. The summed E-state index contributed by atoms with van der Waals surface area (Å²) >= 11 is 0.